The van der Waals surface area contributed by atoms with E-state index in [1.165, 1.54) is 52.1 Å². The van der Waals surface area contributed by atoms with Crippen LogP contribution in [0.25, 0.3) is 0 Å². The SMILES string of the molecule is CCCCC=CCCCCC=CCCCCCOC[C@H](COP(=O)(O)OCC[N+](C)(C)C)OC. The summed E-state index contributed by atoms with van der Waals surface area (Å²) < 4.78 is 33.6. The standard InChI is InChI=1S/C26H52NO6P/c1-6-7-8-9-10-11-12-13-14-15-16-17-18-19-20-22-31-24-26(30-5)25-33-34(28,29)32-23-21-27(2,3)4/h9-10,15-16,26H,6-8,11-14,17-25H2,1-5H3/p+1/t26-/m1/s1. The highest BCUT2D eigenvalue weighted by Gasteiger charge is 2.24. The van der Waals surface area contributed by atoms with Gasteiger partial charge in [-0.15, -0.1) is 0 Å². The van der Waals surface area contributed by atoms with Gasteiger partial charge in [-0.05, 0) is 51.4 Å². The van der Waals surface area contributed by atoms with Gasteiger partial charge in [0.05, 0.1) is 34.4 Å². The summed E-state index contributed by atoms with van der Waals surface area (Å²) in [5, 5.41) is 0. The Kier molecular flexibility index (Phi) is 21.4. The first-order chi connectivity index (χ1) is 16.2. The summed E-state index contributed by atoms with van der Waals surface area (Å²) in [7, 11) is 3.41. The zero-order valence-electron chi connectivity index (χ0n) is 22.6. The second kappa shape index (κ2) is 21.7. The molecule has 0 aliphatic rings. The van der Waals surface area contributed by atoms with Crippen molar-refractivity contribution in [2.45, 2.75) is 83.7 Å². The quantitative estimate of drug-likeness (QED) is 0.0719. The van der Waals surface area contributed by atoms with Crippen molar-refractivity contribution in [3.8, 4) is 0 Å². The van der Waals surface area contributed by atoms with E-state index in [-0.39, 0.29) is 13.2 Å². The average molecular weight is 507 g/mol. The number of phosphoric ester groups is 1. The number of hydrogen-bond acceptors (Lipinski definition) is 5. The van der Waals surface area contributed by atoms with Gasteiger partial charge in [0.2, 0.25) is 0 Å². The van der Waals surface area contributed by atoms with Crippen molar-refractivity contribution in [2.75, 3.05) is 61.2 Å². The Morgan fingerprint density at radius 1 is 0.794 bits per heavy atom. The van der Waals surface area contributed by atoms with Gasteiger partial charge in [0.1, 0.15) is 19.3 Å². The Morgan fingerprint density at radius 3 is 1.88 bits per heavy atom. The number of rotatable bonds is 24. The maximum atomic E-state index is 12.0. The van der Waals surface area contributed by atoms with Crippen LogP contribution in [0.15, 0.2) is 24.3 Å². The van der Waals surface area contributed by atoms with Gasteiger partial charge in [0.15, 0.2) is 0 Å². The molecule has 0 spiro atoms. The lowest BCUT2D eigenvalue weighted by atomic mass is 10.1. The molecule has 0 heterocycles. The number of unbranched alkanes of at least 4 members (excludes halogenated alkanes) is 8. The second-order valence-corrected chi connectivity index (χ2v) is 11.2. The summed E-state index contributed by atoms with van der Waals surface area (Å²) in [6, 6.07) is 0. The van der Waals surface area contributed by atoms with Gasteiger partial charge in [0.25, 0.3) is 0 Å². The highest BCUT2D eigenvalue weighted by atomic mass is 31.2. The summed E-state index contributed by atoms with van der Waals surface area (Å²) in [6.07, 6.45) is 22.0. The van der Waals surface area contributed by atoms with E-state index >= 15 is 0 Å². The Balaban J connectivity index is 3.63. The topological polar surface area (TPSA) is 74.2 Å². The van der Waals surface area contributed by atoms with Crippen molar-refractivity contribution in [1.29, 1.82) is 0 Å². The van der Waals surface area contributed by atoms with Crippen LogP contribution in [0, 0.1) is 0 Å². The van der Waals surface area contributed by atoms with E-state index < -0.39 is 13.9 Å². The molecule has 2 atom stereocenters. The van der Waals surface area contributed by atoms with Gasteiger partial charge < -0.3 is 18.9 Å². The molecule has 1 N–H and O–H groups in total. The summed E-state index contributed by atoms with van der Waals surface area (Å²) >= 11 is 0. The predicted molar refractivity (Wildman–Crippen MR) is 141 cm³/mol. The Labute approximate surface area is 209 Å². The number of methoxy groups -OCH3 is 1. The molecule has 0 rings (SSSR count). The maximum Gasteiger partial charge on any atom is 0.472 e. The van der Waals surface area contributed by atoms with E-state index in [9.17, 15) is 9.46 Å². The van der Waals surface area contributed by atoms with Crippen LogP contribution in [0.3, 0.4) is 0 Å². The summed E-state index contributed by atoms with van der Waals surface area (Å²) in [5.41, 5.74) is 0. The number of quaternary nitrogens is 1. The summed E-state index contributed by atoms with van der Waals surface area (Å²) in [6.45, 7) is 3.91. The molecule has 7 nitrogen and oxygen atoms in total. The molecular formula is C26H53NO6P+. The van der Waals surface area contributed by atoms with Crippen molar-refractivity contribution in [3.63, 3.8) is 0 Å². The molecule has 1 unspecified atom stereocenters. The molecule has 202 valence electrons. The zero-order chi connectivity index (χ0) is 25.5. The second-order valence-electron chi connectivity index (χ2n) is 9.76. The molecule has 0 aromatic carbocycles. The Hall–Kier alpha value is -0.530. The third-order valence-electron chi connectivity index (χ3n) is 5.29. The van der Waals surface area contributed by atoms with Crippen molar-refractivity contribution >= 4 is 7.82 Å². The smallest absolute Gasteiger partial charge is 0.379 e. The molecule has 0 aliphatic heterocycles. The number of nitrogens with zero attached hydrogens (tertiary/aromatic N) is 1. The lowest BCUT2D eigenvalue weighted by Crippen LogP contribution is -2.37. The highest BCUT2D eigenvalue weighted by Crippen LogP contribution is 2.43. The maximum absolute atomic E-state index is 12.0. The number of likely N-dealkylation sites (N-methyl/N-ethyl adjacent to an activating group) is 1. The fraction of sp³-hybridized carbons (Fsp3) is 0.846. The first-order valence-corrected chi connectivity index (χ1v) is 14.5. The van der Waals surface area contributed by atoms with Crippen molar-refractivity contribution in [3.05, 3.63) is 24.3 Å². The van der Waals surface area contributed by atoms with Crippen LogP contribution in [0.5, 0.6) is 0 Å². The van der Waals surface area contributed by atoms with E-state index in [2.05, 4.69) is 31.2 Å². The molecule has 0 aliphatic carbocycles. The van der Waals surface area contributed by atoms with Crippen LogP contribution < -0.4 is 0 Å². The van der Waals surface area contributed by atoms with Crippen molar-refractivity contribution < 1.29 is 32.5 Å². The van der Waals surface area contributed by atoms with E-state index in [1.54, 1.807) is 0 Å². The van der Waals surface area contributed by atoms with Crippen LogP contribution in [0.4, 0.5) is 0 Å². The van der Waals surface area contributed by atoms with E-state index in [1.807, 2.05) is 21.1 Å². The van der Waals surface area contributed by atoms with E-state index in [0.29, 0.717) is 24.2 Å². The molecule has 0 fully saturated rings. The minimum Gasteiger partial charge on any atom is -0.379 e. The number of hydrogen-bond donors (Lipinski definition) is 1. The molecule has 0 bridgehead atoms. The fourth-order valence-electron chi connectivity index (χ4n) is 3.00. The van der Waals surface area contributed by atoms with Gasteiger partial charge >= 0.3 is 7.82 Å². The molecule has 0 radical (unpaired) electrons. The van der Waals surface area contributed by atoms with Gasteiger partial charge in [-0.2, -0.15) is 0 Å². The van der Waals surface area contributed by atoms with E-state index in [4.69, 9.17) is 18.5 Å². The molecule has 8 heteroatoms. The molecule has 0 saturated carbocycles. The lowest BCUT2D eigenvalue weighted by Gasteiger charge is -2.24. The summed E-state index contributed by atoms with van der Waals surface area (Å²) in [5.74, 6) is 0. The van der Waals surface area contributed by atoms with Crippen molar-refractivity contribution in [2.24, 2.45) is 0 Å². The Morgan fingerprint density at radius 2 is 1.35 bits per heavy atom. The summed E-state index contributed by atoms with van der Waals surface area (Å²) in [4.78, 5) is 9.78. The molecule has 0 saturated heterocycles. The van der Waals surface area contributed by atoms with Gasteiger partial charge in [0, 0.05) is 13.7 Å². The van der Waals surface area contributed by atoms with Gasteiger partial charge in [-0.25, -0.2) is 4.57 Å². The molecule has 0 aromatic heterocycles. The number of phosphoric acid groups is 1. The van der Waals surface area contributed by atoms with Crippen molar-refractivity contribution in [1.82, 2.24) is 0 Å². The predicted octanol–water partition coefficient (Wildman–Crippen LogP) is 6.28. The van der Waals surface area contributed by atoms with E-state index in [0.717, 1.165) is 25.7 Å². The van der Waals surface area contributed by atoms with Gasteiger partial charge in [-0.3, -0.25) is 9.05 Å². The first-order valence-electron chi connectivity index (χ1n) is 13.0. The normalized spacial score (nSPS) is 15.4. The fourth-order valence-corrected chi connectivity index (χ4v) is 3.75. The minimum absolute atomic E-state index is 0.0470. The first kappa shape index (κ1) is 33.5. The number of ether oxygens (including phenoxy) is 2. The van der Waals surface area contributed by atoms with Crippen LogP contribution >= 0.6 is 7.82 Å². The molecule has 0 amide bonds. The van der Waals surface area contributed by atoms with Crippen LogP contribution in [0.1, 0.15) is 77.6 Å². The van der Waals surface area contributed by atoms with Gasteiger partial charge in [-0.1, -0.05) is 50.5 Å². The highest BCUT2D eigenvalue weighted by molar-refractivity contribution is 7.47. The molecular weight excluding hydrogens is 453 g/mol. The monoisotopic (exact) mass is 506 g/mol. The average Bonchev–Trinajstić information content (AvgIpc) is 2.76. The number of allylic oxidation sites excluding steroid dienone is 4. The molecule has 34 heavy (non-hydrogen) atoms. The van der Waals surface area contributed by atoms with Crippen LogP contribution in [0.2, 0.25) is 0 Å². The Bertz CT molecular complexity index is 562. The third-order valence-corrected chi connectivity index (χ3v) is 6.27. The minimum atomic E-state index is -4.08. The van der Waals surface area contributed by atoms with Crippen LogP contribution in [-0.2, 0) is 23.1 Å². The zero-order valence-corrected chi connectivity index (χ0v) is 23.5. The lowest BCUT2D eigenvalue weighted by molar-refractivity contribution is -0.870. The molecule has 0 aromatic rings. The van der Waals surface area contributed by atoms with Crippen LogP contribution in [-0.4, -0.2) is 76.7 Å². The third kappa shape index (κ3) is 24.6. The largest absolute Gasteiger partial charge is 0.472 e.